The van der Waals surface area contributed by atoms with E-state index in [9.17, 15) is 0 Å². The summed E-state index contributed by atoms with van der Waals surface area (Å²) >= 11 is 1.63. The molecule has 1 aromatic carbocycles. The zero-order chi connectivity index (χ0) is 16.2. The van der Waals surface area contributed by atoms with Gasteiger partial charge in [-0.05, 0) is 19.1 Å². The van der Waals surface area contributed by atoms with E-state index >= 15 is 0 Å². The second kappa shape index (κ2) is 6.93. The molecule has 2 aromatic heterocycles. The molecular weight excluding hydrogens is 310 g/mol. The third kappa shape index (κ3) is 3.13. The average molecular weight is 329 g/mol. The largest absolute Gasteiger partial charge is 0.497 e. The summed E-state index contributed by atoms with van der Waals surface area (Å²) < 4.78 is 12.7. The smallest absolute Gasteiger partial charge is 0.119 e. The Balaban J connectivity index is 2.13. The molecule has 0 unspecified atom stereocenters. The number of aromatic nitrogens is 3. The molecule has 0 N–H and O–H groups in total. The van der Waals surface area contributed by atoms with E-state index in [-0.39, 0.29) is 0 Å². The van der Waals surface area contributed by atoms with Gasteiger partial charge in [-0.25, -0.2) is 9.97 Å². The van der Waals surface area contributed by atoms with Gasteiger partial charge in [0.2, 0.25) is 0 Å². The highest BCUT2D eigenvalue weighted by Crippen LogP contribution is 2.36. The summed E-state index contributed by atoms with van der Waals surface area (Å²) in [5, 5.41) is 0. The standard InChI is InChI=1S/C17H19N3O2S/c1-12-17(23-11-19-12)16-15(18-10-20(16)7-8-21-2)13-5-4-6-14(9-13)22-3/h4-6,9-11H,7-8H2,1-3H3. The monoisotopic (exact) mass is 329 g/mol. The van der Waals surface area contributed by atoms with Crippen LogP contribution >= 0.6 is 11.3 Å². The van der Waals surface area contributed by atoms with Gasteiger partial charge >= 0.3 is 0 Å². The first kappa shape index (κ1) is 15.7. The van der Waals surface area contributed by atoms with Crippen LogP contribution in [0.1, 0.15) is 5.69 Å². The van der Waals surface area contributed by atoms with Crippen molar-refractivity contribution in [1.29, 1.82) is 0 Å². The molecule has 0 spiro atoms. The Labute approximate surface area is 139 Å². The SMILES string of the molecule is COCCn1cnc(-c2cccc(OC)c2)c1-c1scnc1C. The summed E-state index contributed by atoms with van der Waals surface area (Å²) in [6, 6.07) is 7.96. The number of aryl methyl sites for hydroxylation is 1. The normalized spacial score (nSPS) is 10.9. The molecule has 3 aromatic rings. The molecule has 0 aliphatic rings. The Bertz CT molecular complexity index is 795. The fourth-order valence-corrected chi connectivity index (χ4v) is 3.36. The van der Waals surface area contributed by atoms with Crippen molar-refractivity contribution < 1.29 is 9.47 Å². The third-order valence-electron chi connectivity index (χ3n) is 3.68. The van der Waals surface area contributed by atoms with Crippen molar-refractivity contribution in [1.82, 2.24) is 14.5 Å². The van der Waals surface area contributed by atoms with Crippen LogP contribution in [0.4, 0.5) is 0 Å². The molecule has 23 heavy (non-hydrogen) atoms. The number of ether oxygens (including phenoxy) is 2. The number of imidazole rings is 1. The number of hydrogen-bond acceptors (Lipinski definition) is 5. The fraction of sp³-hybridized carbons (Fsp3) is 0.294. The van der Waals surface area contributed by atoms with Crippen molar-refractivity contribution in [3.63, 3.8) is 0 Å². The van der Waals surface area contributed by atoms with Crippen molar-refractivity contribution in [2.45, 2.75) is 13.5 Å². The van der Waals surface area contributed by atoms with Crippen LogP contribution in [0.25, 0.3) is 21.8 Å². The predicted molar refractivity (Wildman–Crippen MR) is 91.9 cm³/mol. The van der Waals surface area contributed by atoms with E-state index in [1.165, 1.54) is 0 Å². The Morgan fingerprint density at radius 2 is 2.09 bits per heavy atom. The van der Waals surface area contributed by atoms with Gasteiger partial charge in [0.1, 0.15) is 5.75 Å². The molecule has 0 aliphatic heterocycles. The summed E-state index contributed by atoms with van der Waals surface area (Å²) in [5.41, 5.74) is 5.93. The second-order valence-corrected chi connectivity index (χ2v) is 5.98. The first-order valence-corrected chi connectivity index (χ1v) is 8.21. The third-order valence-corrected chi connectivity index (χ3v) is 4.61. The van der Waals surface area contributed by atoms with Crippen LogP contribution in [0.2, 0.25) is 0 Å². The number of benzene rings is 1. The zero-order valence-corrected chi connectivity index (χ0v) is 14.3. The second-order valence-electron chi connectivity index (χ2n) is 5.13. The van der Waals surface area contributed by atoms with Crippen LogP contribution < -0.4 is 4.74 Å². The molecule has 2 heterocycles. The van der Waals surface area contributed by atoms with Crippen LogP contribution in [0, 0.1) is 6.92 Å². The summed E-state index contributed by atoms with van der Waals surface area (Å²) in [6.07, 6.45) is 1.86. The lowest BCUT2D eigenvalue weighted by Crippen LogP contribution is -2.04. The van der Waals surface area contributed by atoms with Crippen molar-refractivity contribution in [3.05, 3.63) is 41.8 Å². The van der Waals surface area contributed by atoms with E-state index in [0.29, 0.717) is 6.61 Å². The minimum Gasteiger partial charge on any atom is -0.497 e. The van der Waals surface area contributed by atoms with Gasteiger partial charge in [0, 0.05) is 19.2 Å². The highest BCUT2D eigenvalue weighted by Gasteiger charge is 2.18. The minimum atomic E-state index is 0.638. The van der Waals surface area contributed by atoms with Gasteiger partial charge in [-0.3, -0.25) is 0 Å². The van der Waals surface area contributed by atoms with E-state index < -0.39 is 0 Å². The molecule has 0 bridgehead atoms. The van der Waals surface area contributed by atoms with Crippen molar-refractivity contribution >= 4 is 11.3 Å². The Morgan fingerprint density at radius 1 is 1.22 bits per heavy atom. The molecule has 0 fully saturated rings. The molecule has 3 rings (SSSR count). The summed E-state index contributed by atoms with van der Waals surface area (Å²) in [4.78, 5) is 10.2. The van der Waals surface area contributed by atoms with Crippen molar-refractivity contribution in [3.8, 4) is 27.6 Å². The van der Waals surface area contributed by atoms with Crippen LogP contribution in [0.15, 0.2) is 36.1 Å². The van der Waals surface area contributed by atoms with Crippen LogP contribution in [0.5, 0.6) is 5.75 Å². The number of hydrogen-bond donors (Lipinski definition) is 0. The van der Waals surface area contributed by atoms with Gasteiger partial charge in [0.15, 0.2) is 0 Å². The molecule has 120 valence electrons. The number of thiazole rings is 1. The van der Waals surface area contributed by atoms with Gasteiger partial charge in [-0.2, -0.15) is 0 Å². The maximum Gasteiger partial charge on any atom is 0.119 e. The lowest BCUT2D eigenvalue weighted by Gasteiger charge is -2.10. The van der Waals surface area contributed by atoms with E-state index in [4.69, 9.17) is 9.47 Å². The molecular formula is C17H19N3O2S. The molecule has 0 atom stereocenters. The van der Waals surface area contributed by atoms with Crippen LogP contribution in [-0.4, -0.2) is 35.4 Å². The zero-order valence-electron chi connectivity index (χ0n) is 13.4. The lowest BCUT2D eigenvalue weighted by atomic mass is 10.1. The molecule has 0 aliphatic carbocycles. The van der Waals surface area contributed by atoms with Gasteiger partial charge < -0.3 is 14.0 Å². The topological polar surface area (TPSA) is 49.2 Å². The number of nitrogens with zero attached hydrogens (tertiary/aromatic N) is 3. The average Bonchev–Trinajstić information content (AvgIpc) is 3.18. The Kier molecular flexibility index (Phi) is 4.73. The maximum absolute atomic E-state index is 5.34. The van der Waals surface area contributed by atoms with Crippen LogP contribution in [0.3, 0.4) is 0 Å². The van der Waals surface area contributed by atoms with Gasteiger partial charge in [0.25, 0.3) is 0 Å². The van der Waals surface area contributed by atoms with E-state index in [1.807, 2.05) is 43.0 Å². The summed E-state index contributed by atoms with van der Waals surface area (Å²) in [5.74, 6) is 0.820. The molecule has 0 amide bonds. The summed E-state index contributed by atoms with van der Waals surface area (Å²) in [7, 11) is 3.38. The van der Waals surface area contributed by atoms with E-state index in [1.54, 1.807) is 25.6 Å². The number of rotatable bonds is 6. The predicted octanol–water partition coefficient (Wildman–Crippen LogP) is 3.64. The Morgan fingerprint density at radius 3 is 2.78 bits per heavy atom. The molecule has 0 saturated heterocycles. The number of methoxy groups -OCH3 is 2. The summed E-state index contributed by atoms with van der Waals surface area (Å²) in [6.45, 7) is 3.41. The molecule has 6 heteroatoms. The van der Waals surface area contributed by atoms with Gasteiger partial charge in [-0.15, -0.1) is 11.3 Å². The van der Waals surface area contributed by atoms with Crippen molar-refractivity contribution in [2.75, 3.05) is 20.8 Å². The van der Waals surface area contributed by atoms with Crippen LogP contribution in [-0.2, 0) is 11.3 Å². The highest BCUT2D eigenvalue weighted by molar-refractivity contribution is 7.13. The van der Waals surface area contributed by atoms with E-state index in [2.05, 4.69) is 14.5 Å². The highest BCUT2D eigenvalue weighted by atomic mass is 32.1. The maximum atomic E-state index is 5.34. The lowest BCUT2D eigenvalue weighted by molar-refractivity contribution is 0.187. The first-order chi connectivity index (χ1) is 11.2. The van der Waals surface area contributed by atoms with Gasteiger partial charge in [-0.1, -0.05) is 12.1 Å². The quantitative estimate of drug-likeness (QED) is 0.693. The van der Waals surface area contributed by atoms with Crippen molar-refractivity contribution in [2.24, 2.45) is 0 Å². The van der Waals surface area contributed by atoms with E-state index in [0.717, 1.165) is 39.8 Å². The Hall–Kier alpha value is -2.18. The molecule has 0 radical (unpaired) electrons. The first-order valence-electron chi connectivity index (χ1n) is 7.33. The molecule has 0 saturated carbocycles. The minimum absolute atomic E-state index is 0.638. The fourth-order valence-electron chi connectivity index (χ4n) is 2.49. The molecule has 5 nitrogen and oxygen atoms in total. The van der Waals surface area contributed by atoms with Gasteiger partial charge in [0.05, 0.1) is 47.5 Å².